The Morgan fingerprint density at radius 2 is 2.04 bits per heavy atom. The van der Waals surface area contributed by atoms with Gasteiger partial charge in [-0.1, -0.05) is 0 Å². The van der Waals surface area contributed by atoms with Crippen molar-refractivity contribution in [2.45, 2.75) is 18.9 Å². The number of nitrogens with one attached hydrogen (secondary N) is 1. The van der Waals surface area contributed by atoms with Gasteiger partial charge in [-0.05, 0) is 62.3 Å². The third kappa shape index (κ3) is 3.73. The fraction of sp³-hybridized carbons (Fsp3) is 0.333. The molecule has 1 aliphatic rings. The average Bonchev–Trinajstić information content (AvgIpc) is 3.50. The van der Waals surface area contributed by atoms with Crippen LogP contribution in [0.5, 0.6) is 5.75 Å². The number of hydrogen-bond acceptors (Lipinski definition) is 7. The van der Waals surface area contributed by atoms with Crippen LogP contribution in [-0.4, -0.2) is 36.6 Å². The topological polar surface area (TPSA) is 87.5 Å². The number of nitrogens with zero attached hydrogens (tertiary/aromatic N) is 3. The van der Waals surface area contributed by atoms with Crippen LogP contribution in [0.3, 0.4) is 0 Å². The van der Waals surface area contributed by atoms with E-state index in [-0.39, 0.29) is 11.7 Å². The summed E-state index contributed by atoms with van der Waals surface area (Å²) in [4.78, 5) is 6.71. The van der Waals surface area contributed by atoms with E-state index in [4.69, 9.17) is 13.6 Å². The lowest BCUT2D eigenvalue weighted by Crippen LogP contribution is -2.30. The molecule has 4 rings (SSSR count). The van der Waals surface area contributed by atoms with E-state index in [1.54, 1.807) is 13.4 Å². The number of anilines is 1. The van der Waals surface area contributed by atoms with Gasteiger partial charge in [-0.2, -0.15) is 10.2 Å². The molecule has 28 heavy (non-hydrogen) atoms. The molecule has 7 nitrogen and oxygen atoms in total. The van der Waals surface area contributed by atoms with Crippen molar-refractivity contribution in [2.24, 2.45) is 0 Å². The van der Waals surface area contributed by atoms with Gasteiger partial charge < -0.3 is 18.9 Å². The van der Waals surface area contributed by atoms with Crippen LogP contribution in [0, 0.1) is 11.3 Å². The van der Waals surface area contributed by atoms with Crippen molar-refractivity contribution in [3.05, 3.63) is 54.1 Å². The number of nitriles is 1. The first-order valence-corrected chi connectivity index (χ1v) is 9.35. The number of likely N-dealkylation sites (tertiary alicyclic amines) is 1. The summed E-state index contributed by atoms with van der Waals surface area (Å²) in [6.07, 6.45) is 4.06. The van der Waals surface area contributed by atoms with E-state index in [1.807, 2.05) is 36.4 Å². The van der Waals surface area contributed by atoms with Crippen LogP contribution >= 0.6 is 0 Å². The molecule has 144 valence electrons. The van der Waals surface area contributed by atoms with E-state index >= 15 is 0 Å². The molecule has 2 aromatic heterocycles. The minimum atomic E-state index is 0.0820. The van der Waals surface area contributed by atoms with Crippen LogP contribution < -0.4 is 10.1 Å². The highest BCUT2D eigenvalue weighted by Crippen LogP contribution is 2.29. The van der Waals surface area contributed by atoms with Gasteiger partial charge in [0.05, 0.1) is 19.4 Å². The standard InChI is InChI=1S/C21H22N4O3/c1-26-16-8-6-15(7-9-16)20-24-17(13-22)21(28-20)23-14-18(19-5-4-12-27-19)25-10-2-3-11-25/h4-9,12,18,23H,2-3,10-11,14H2,1H3/t18-/m1/s1. The van der Waals surface area contributed by atoms with Gasteiger partial charge in [-0.3, -0.25) is 4.90 Å². The second kappa shape index (κ2) is 8.19. The summed E-state index contributed by atoms with van der Waals surface area (Å²) in [6, 6.07) is 13.4. The zero-order valence-corrected chi connectivity index (χ0v) is 15.7. The van der Waals surface area contributed by atoms with Crippen LogP contribution in [0.4, 0.5) is 5.88 Å². The van der Waals surface area contributed by atoms with Crippen molar-refractivity contribution < 1.29 is 13.6 Å². The molecule has 1 atom stereocenters. The predicted molar refractivity (Wildman–Crippen MR) is 104 cm³/mol. The molecule has 7 heteroatoms. The summed E-state index contributed by atoms with van der Waals surface area (Å²) < 4.78 is 16.7. The van der Waals surface area contributed by atoms with Crippen molar-refractivity contribution in [1.29, 1.82) is 5.26 Å². The molecular formula is C21H22N4O3. The van der Waals surface area contributed by atoms with Crippen molar-refractivity contribution in [3.8, 4) is 23.3 Å². The number of rotatable bonds is 7. The maximum Gasteiger partial charge on any atom is 0.232 e. The van der Waals surface area contributed by atoms with Crippen LogP contribution in [0.25, 0.3) is 11.5 Å². The molecule has 0 spiro atoms. The Bertz CT molecular complexity index is 935. The van der Waals surface area contributed by atoms with Crippen molar-refractivity contribution in [1.82, 2.24) is 9.88 Å². The first-order chi connectivity index (χ1) is 13.8. The molecule has 1 fully saturated rings. The van der Waals surface area contributed by atoms with Crippen LogP contribution in [0.15, 0.2) is 51.5 Å². The number of oxazole rings is 1. The van der Waals surface area contributed by atoms with Gasteiger partial charge in [0.25, 0.3) is 0 Å². The van der Waals surface area contributed by atoms with E-state index in [9.17, 15) is 5.26 Å². The molecule has 1 aromatic carbocycles. The first kappa shape index (κ1) is 18.1. The normalized spacial score (nSPS) is 15.3. The Hall–Kier alpha value is -3.24. The Labute approximate surface area is 163 Å². The molecule has 0 amide bonds. The lowest BCUT2D eigenvalue weighted by atomic mass is 10.2. The third-order valence-corrected chi connectivity index (χ3v) is 4.98. The molecule has 3 aromatic rings. The van der Waals surface area contributed by atoms with E-state index < -0.39 is 0 Å². The van der Waals surface area contributed by atoms with Gasteiger partial charge in [-0.25, -0.2) is 0 Å². The fourth-order valence-electron chi connectivity index (χ4n) is 3.51. The highest BCUT2D eigenvalue weighted by molar-refractivity contribution is 5.59. The molecule has 1 N–H and O–H groups in total. The zero-order valence-electron chi connectivity index (χ0n) is 15.7. The summed E-state index contributed by atoms with van der Waals surface area (Å²) in [6.45, 7) is 2.64. The van der Waals surface area contributed by atoms with Gasteiger partial charge in [0, 0.05) is 12.1 Å². The van der Waals surface area contributed by atoms with Gasteiger partial charge >= 0.3 is 0 Å². The average molecular weight is 378 g/mol. The predicted octanol–water partition coefficient (Wildman–Crippen LogP) is 4.06. The highest BCUT2D eigenvalue weighted by Gasteiger charge is 2.26. The summed E-state index contributed by atoms with van der Waals surface area (Å²) >= 11 is 0. The SMILES string of the molecule is COc1ccc(-c2nc(C#N)c(NC[C@H](c3ccco3)N3CCCC3)o2)cc1. The Morgan fingerprint density at radius 1 is 1.25 bits per heavy atom. The number of hydrogen-bond donors (Lipinski definition) is 1. The van der Waals surface area contributed by atoms with Crippen LogP contribution in [0.2, 0.25) is 0 Å². The zero-order chi connectivity index (χ0) is 19.3. The summed E-state index contributed by atoms with van der Waals surface area (Å²) in [5.41, 5.74) is 1.03. The van der Waals surface area contributed by atoms with Crippen molar-refractivity contribution in [3.63, 3.8) is 0 Å². The minimum Gasteiger partial charge on any atom is -0.497 e. The summed E-state index contributed by atoms with van der Waals surface area (Å²) in [5, 5.41) is 12.7. The molecule has 1 saturated heterocycles. The third-order valence-electron chi connectivity index (χ3n) is 4.98. The highest BCUT2D eigenvalue weighted by atomic mass is 16.5. The van der Waals surface area contributed by atoms with Crippen molar-refractivity contribution in [2.75, 3.05) is 32.1 Å². The largest absolute Gasteiger partial charge is 0.497 e. The molecule has 0 aliphatic carbocycles. The maximum absolute atomic E-state index is 9.46. The smallest absolute Gasteiger partial charge is 0.232 e. The van der Waals surface area contributed by atoms with Gasteiger partial charge in [0.1, 0.15) is 17.6 Å². The number of benzene rings is 1. The lowest BCUT2D eigenvalue weighted by Gasteiger charge is -2.25. The number of furan rings is 1. The van der Waals surface area contributed by atoms with Crippen LogP contribution in [-0.2, 0) is 0 Å². The van der Waals surface area contributed by atoms with Gasteiger partial charge in [0.2, 0.25) is 17.5 Å². The molecular weight excluding hydrogens is 356 g/mol. The second-order valence-electron chi connectivity index (χ2n) is 6.69. The molecule has 0 bridgehead atoms. The Balaban J connectivity index is 1.53. The van der Waals surface area contributed by atoms with Gasteiger partial charge in [0.15, 0.2) is 0 Å². The number of methoxy groups -OCH3 is 1. The monoisotopic (exact) mass is 378 g/mol. The molecule has 1 aliphatic heterocycles. The van der Waals surface area contributed by atoms with Gasteiger partial charge in [-0.15, -0.1) is 0 Å². The van der Waals surface area contributed by atoms with E-state index in [2.05, 4.69) is 21.3 Å². The van der Waals surface area contributed by atoms with Crippen LogP contribution in [0.1, 0.15) is 30.3 Å². The molecule has 0 saturated carbocycles. The minimum absolute atomic E-state index is 0.0820. The first-order valence-electron chi connectivity index (χ1n) is 9.35. The number of ether oxygens (including phenoxy) is 1. The summed E-state index contributed by atoms with van der Waals surface area (Å²) in [7, 11) is 1.62. The van der Waals surface area contributed by atoms with E-state index in [1.165, 1.54) is 12.8 Å². The quantitative estimate of drug-likeness (QED) is 0.663. The fourth-order valence-corrected chi connectivity index (χ4v) is 3.51. The van der Waals surface area contributed by atoms with E-state index in [0.717, 1.165) is 30.2 Å². The maximum atomic E-state index is 9.46. The second-order valence-corrected chi connectivity index (χ2v) is 6.69. The molecule has 3 heterocycles. The molecule has 0 radical (unpaired) electrons. The summed E-state index contributed by atoms with van der Waals surface area (Å²) in [5.74, 6) is 2.44. The lowest BCUT2D eigenvalue weighted by molar-refractivity contribution is 0.224. The van der Waals surface area contributed by atoms with E-state index in [0.29, 0.717) is 18.3 Å². The Morgan fingerprint density at radius 3 is 2.68 bits per heavy atom. The number of aromatic nitrogens is 1. The Kier molecular flexibility index (Phi) is 5.31. The van der Waals surface area contributed by atoms with Crippen molar-refractivity contribution >= 4 is 5.88 Å². The molecule has 0 unspecified atom stereocenters.